The van der Waals surface area contributed by atoms with E-state index in [2.05, 4.69) is 0 Å². The lowest BCUT2D eigenvalue weighted by Gasteiger charge is -2.39. The maximum atomic E-state index is 13.1. The van der Waals surface area contributed by atoms with Gasteiger partial charge in [0.15, 0.2) is 11.6 Å². The molecule has 2 fully saturated rings. The summed E-state index contributed by atoms with van der Waals surface area (Å²) in [6, 6.07) is 6.62. The average molecular weight is 421 g/mol. The van der Waals surface area contributed by atoms with Gasteiger partial charge in [0, 0.05) is 34.3 Å². The van der Waals surface area contributed by atoms with Crippen LogP contribution in [0.2, 0.25) is 0 Å². The number of carbonyl (C=O) groups is 3. The number of fused-ring (bicyclic) bond motifs is 2. The van der Waals surface area contributed by atoms with Gasteiger partial charge in [0.1, 0.15) is 6.10 Å². The minimum absolute atomic E-state index is 0.0371. The van der Waals surface area contributed by atoms with Gasteiger partial charge in [0.2, 0.25) is 0 Å². The highest BCUT2D eigenvalue weighted by Crippen LogP contribution is 2.42. The van der Waals surface area contributed by atoms with Crippen LogP contribution in [0, 0.1) is 11.8 Å². The second-order valence-electron chi connectivity index (χ2n) is 9.52. The van der Waals surface area contributed by atoms with Crippen LogP contribution in [0.15, 0.2) is 47.1 Å². The van der Waals surface area contributed by atoms with E-state index in [9.17, 15) is 14.4 Å². The van der Waals surface area contributed by atoms with E-state index in [0.717, 1.165) is 25.2 Å². The van der Waals surface area contributed by atoms with Crippen molar-refractivity contribution in [1.82, 2.24) is 0 Å². The fourth-order valence-electron chi connectivity index (χ4n) is 5.92. The lowest BCUT2D eigenvalue weighted by Crippen LogP contribution is -2.56. The van der Waals surface area contributed by atoms with E-state index in [0.29, 0.717) is 17.0 Å². The molecule has 4 N–H and O–H groups in total. The molecule has 3 atom stereocenters. The molecule has 0 spiro atoms. The van der Waals surface area contributed by atoms with E-state index in [1.54, 1.807) is 24.3 Å². The molecule has 4 aliphatic rings. The number of hydrogen-bond acceptors (Lipinski definition) is 6. The average Bonchev–Trinajstić information content (AvgIpc) is 2.76. The number of nitrogens with two attached hydrogens (primary N) is 2. The molecule has 0 aliphatic heterocycles. The Labute approximate surface area is 181 Å². The van der Waals surface area contributed by atoms with Gasteiger partial charge in [-0.15, -0.1) is 0 Å². The van der Waals surface area contributed by atoms with Crippen molar-refractivity contribution in [3.05, 3.63) is 58.2 Å². The number of rotatable bonds is 2. The molecule has 0 saturated heterocycles. The molecule has 0 aromatic heterocycles. The second-order valence-corrected chi connectivity index (χ2v) is 9.52. The predicted molar refractivity (Wildman–Crippen MR) is 115 cm³/mol. The van der Waals surface area contributed by atoms with Gasteiger partial charge in [-0.2, -0.15) is 0 Å². The molecule has 2 saturated carbocycles. The third kappa shape index (κ3) is 3.48. The van der Waals surface area contributed by atoms with Crippen LogP contribution in [0.3, 0.4) is 0 Å². The van der Waals surface area contributed by atoms with Crippen molar-refractivity contribution in [3.63, 3.8) is 0 Å². The van der Waals surface area contributed by atoms with E-state index < -0.39 is 11.6 Å². The SMILES string of the molecule is NC1(N)CC(C(=O)OC2CCC3CCCCC3C2)=CC2=C1C(=O)c1ccccc1C2=O. The number of ether oxygens (including phenoxy) is 1. The summed E-state index contributed by atoms with van der Waals surface area (Å²) < 4.78 is 5.85. The highest BCUT2D eigenvalue weighted by atomic mass is 16.5. The molecule has 6 heteroatoms. The van der Waals surface area contributed by atoms with Crippen molar-refractivity contribution >= 4 is 17.5 Å². The quantitative estimate of drug-likeness (QED) is 0.561. The molecule has 0 radical (unpaired) electrons. The number of ketones is 2. The molecule has 31 heavy (non-hydrogen) atoms. The van der Waals surface area contributed by atoms with Crippen molar-refractivity contribution in [2.75, 3.05) is 0 Å². The number of hydrogen-bond donors (Lipinski definition) is 2. The smallest absolute Gasteiger partial charge is 0.334 e. The van der Waals surface area contributed by atoms with Crippen LogP contribution in [0.25, 0.3) is 0 Å². The molecule has 0 amide bonds. The van der Waals surface area contributed by atoms with Crippen LogP contribution in [0.5, 0.6) is 0 Å². The highest BCUT2D eigenvalue weighted by molar-refractivity contribution is 6.29. The van der Waals surface area contributed by atoms with Gasteiger partial charge in [-0.05, 0) is 37.2 Å². The molecule has 1 aromatic rings. The van der Waals surface area contributed by atoms with Gasteiger partial charge < -0.3 is 16.2 Å². The zero-order valence-electron chi connectivity index (χ0n) is 17.6. The summed E-state index contributed by atoms with van der Waals surface area (Å²) in [5, 5.41) is 0. The van der Waals surface area contributed by atoms with Crippen LogP contribution >= 0.6 is 0 Å². The van der Waals surface area contributed by atoms with Crippen LogP contribution < -0.4 is 11.5 Å². The van der Waals surface area contributed by atoms with E-state index in [1.165, 1.54) is 31.8 Å². The molecule has 4 aliphatic carbocycles. The van der Waals surface area contributed by atoms with E-state index >= 15 is 0 Å². The Balaban J connectivity index is 1.40. The Kier molecular flexibility index (Phi) is 4.94. The van der Waals surface area contributed by atoms with Gasteiger partial charge in [0.25, 0.3) is 0 Å². The van der Waals surface area contributed by atoms with Gasteiger partial charge in [-0.3, -0.25) is 9.59 Å². The molecule has 3 unspecified atom stereocenters. The summed E-state index contributed by atoms with van der Waals surface area (Å²) >= 11 is 0. The third-order valence-corrected chi connectivity index (χ3v) is 7.45. The van der Waals surface area contributed by atoms with Crippen LogP contribution in [-0.2, 0) is 9.53 Å². The monoisotopic (exact) mass is 420 g/mol. The van der Waals surface area contributed by atoms with E-state index in [-0.39, 0.29) is 40.8 Å². The first-order valence-corrected chi connectivity index (χ1v) is 11.3. The topological polar surface area (TPSA) is 112 Å². The molecular weight excluding hydrogens is 392 g/mol. The standard InChI is InChI=1S/C25H28N2O4/c26-25(27)13-16(24(30)31-17-10-9-14-5-1-2-6-15(14)11-17)12-20-21(25)23(29)19-8-4-3-7-18(19)22(20)28/h3-4,7-8,12,14-15,17H,1-2,5-6,9-11,13,26-27H2. The lowest BCUT2D eigenvalue weighted by molar-refractivity contribution is -0.148. The van der Waals surface area contributed by atoms with Crippen molar-refractivity contribution in [2.45, 2.75) is 63.1 Å². The number of carbonyl (C=O) groups excluding carboxylic acids is 3. The van der Waals surface area contributed by atoms with Gasteiger partial charge >= 0.3 is 5.97 Å². The Hall–Kier alpha value is -2.57. The number of esters is 1. The molecule has 1 aromatic carbocycles. The van der Waals surface area contributed by atoms with Crippen LogP contribution in [0.4, 0.5) is 0 Å². The molecule has 6 nitrogen and oxygen atoms in total. The van der Waals surface area contributed by atoms with Gasteiger partial charge in [-0.1, -0.05) is 49.9 Å². The normalized spacial score (nSPS) is 29.5. The minimum atomic E-state index is -1.60. The van der Waals surface area contributed by atoms with Crippen molar-refractivity contribution in [1.29, 1.82) is 0 Å². The van der Waals surface area contributed by atoms with Crippen LogP contribution in [0.1, 0.15) is 72.1 Å². The van der Waals surface area contributed by atoms with Crippen molar-refractivity contribution in [2.24, 2.45) is 23.3 Å². The van der Waals surface area contributed by atoms with Crippen LogP contribution in [-0.4, -0.2) is 29.3 Å². The number of Topliss-reactive ketones (excluding diaryl/α,β-unsaturated/α-hetero) is 2. The molecule has 5 rings (SSSR count). The summed E-state index contributed by atoms with van der Waals surface area (Å²) in [7, 11) is 0. The molecule has 0 heterocycles. The maximum Gasteiger partial charge on any atom is 0.334 e. The fraction of sp³-hybridized carbons (Fsp3) is 0.480. The lowest BCUT2D eigenvalue weighted by atomic mass is 9.70. The van der Waals surface area contributed by atoms with E-state index in [1.807, 2.05) is 0 Å². The van der Waals surface area contributed by atoms with Gasteiger partial charge in [-0.25, -0.2) is 4.79 Å². The first-order valence-electron chi connectivity index (χ1n) is 11.3. The number of benzene rings is 1. The van der Waals surface area contributed by atoms with Gasteiger partial charge in [0.05, 0.1) is 5.66 Å². The second kappa shape index (κ2) is 7.53. The predicted octanol–water partition coefficient (Wildman–Crippen LogP) is 3.21. The Morgan fingerprint density at radius 2 is 1.61 bits per heavy atom. The van der Waals surface area contributed by atoms with E-state index in [4.69, 9.17) is 16.2 Å². The Morgan fingerprint density at radius 3 is 2.35 bits per heavy atom. The largest absolute Gasteiger partial charge is 0.459 e. The first-order chi connectivity index (χ1) is 14.8. The summed E-state index contributed by atoms with van der Waals surface area (Å²) in [4.78, 5) is 39.1. The van der Waals surface area contributed by atoms with Crippen molar-refractivity contribution in [3.8, 4) is 0 Å². The zero-order valence-corrected chi connectivity index (χ0v) is 17.6. The summed E-state index contributed by atoms with van der Waals surface area (Å²) in [6.07, 6.45) is 9.24. The summed E-state index contributed by atoms with van der Waals surface area (Å²) in [5.74, 6) is 0.224. The number of allylic oxidation sites excluding steroid dienone is 2. The fourth-order valence-corrected chi connectivity index (χ4v) is 5.92. The van der Waals surface area contributed by atoms with Crippen molar-refractivity contribution < 1.29 is 19.1 Å². The molecule has 162 valence electrons. The highest BCUT2D eigenvalue weighted by Gasteiger charge is 2.44. The first kappa shape index (κ1) is 20.3. The summed E-state index contributed by atoms with van der Waals surface area (Å²) in [6.45, 7) is 0. The third-order valence-electron chi connectivity index (χ3n) is 7.45. The molecular formula is C25H28N2O4. The Bertz CT molecular complexity index is 1040. The maximum absolute atomic E-state index is 13.1. The summed E-state index contributed by atoms with van der Waals surface area (Å²) in [5.41, 5.74) is 12.0. The Morgan fingerprint density at radius 1 is 0.935 bits per heavy atom. The molecule has 0 bridgehead atoms. The zero-order chi connectivity index (χ0) is 21.8. The minimum Gasteiger partial charge on any atom is -0.459 e.